The fourth-order valence-electron chi connectivity index (χ4n) is 5.93. The first-order valence-corrected chi connectivity index (χ1v) is 13.2. The number of carbonyl (C=O) groups excluding carboxylic acids is 1. The topological polar surface area (TPSA) is 67.3 Å². The van der Waals surface area contributed by atoms with Gasteiger partial charge in [0.1, 0.15) is 5.03 Å². The number of hydrogen-bond acceptors (Lipinski definition) is 7. The maximum absolute atomic E-state index is 12.0. The van der Waals surface area contributed by atoms with Crippen LogP contribution in [0.2, 0.25) is 0 Å². The van der Waals surface area contributed by atoms with E-state index in [1.54, 1.807) is 24.2 Å². The summed E-state index contributed by atoms with van der Waals surface area (Å²) in [6.45, 7) is 7.71. The molecule has 33 heavy (non-hydrogen) atoms. The van der Waals surface area contributed by atoms with E-state index in [-0.39, 0.29) is 11.9 Å². The number of nitrogens with zero attached hydrogens (tertiary/aromatic N) is 3. The molecule has 176 valence electrons. The number of aromatic nitrogens is 2. The number of esters is 1. The highest BCUT2D eigenvalue weighted by atomic mass is 32.2. The smallest absolute Gasteiger partial charge is 0.308 e. The largest absolute Gasteiger partial charge is 0.466 e. The van der Waals surface area contributed by atoms with Crippen molar-refractivity contribution in [1.29, 1.82) is 0 Å². The summed E-state index contributed by atoms with van der Waals surface area (Å²) in [5, 5.41) is 4.39. The molecule has 1 saturated heterocycles. The maximum atomic E-state index is 12.0. The summed E-state index contributed by atoms with van der Waals surface area (Å²) in [6, 6.07) is 6.75. The minimum absolute atomic E-state index is 0.0133. The van der Waals surface area contributed by atoms with Crippen molar-refractivity contribution in [2.24, 2.45) is 23.7 Å². The molecular weight excluding hydrogens is 432 g/mol. The zero-order valence-corrected chi connectivity index (χ0v) is 20.4. The molecule has 0 spiro atoms. The molecule has 0 radical (unpaired) electrons. The van der Waals surface area contributed by atoms with Gasteiger partial charge in [0.15, 0.2) is 5.82 Å². The van der Waals surface area contributed by atoms with Crippen molar-refractivity contribution in [3.8, 4) is 0 Å². The van der Waals surface area contributed by atoms with E-state index < -0.39 is 0 Å². The van der Waals surface area contributed by atoms with E-state index >= 15 is 0 Å². The van der Waals surface area contributed by atoms with Crippen molar-refractivity contribution in [2.75, 3.05) is 25.0 Å². The number of nitrogens with one attached hydrogen (secondary N) is 1. The molecule has 7 heteroatoms. The standard InChI is InChI=1S/C26H34N4O2S/c1-3-32-26(31)17(2)7-9-21-19-5-4-6-20(21)16-30(15-19)14-18-8-10-23-22(13-18)29-24-25(33-23)28-12-11-27-24/h8,10-13,17,19-21H,3-7,9,14-16H2,1-2H3,(H,27,29). The molecule has 0 amide bonds. The van der Waals surface area contributed by atoms with Crippen molar-refractivity contribution >= 4 is 29.2 Å². The first-order valence-electron chi connectivity index (χ1n) is 12.4. The molecule has 2 bridgehead atoms. The minimum Gasteiger partial charge on any atom is -0.466 e. The second-order valence-electron chi connectivity index (χ2n) is 9.81. The Morgan fingerprint density at radius 2 is 2.03 bits per heavy atom. The van der Waals surface area contributed by atoms with Crippen LogP contribution in [0.25, 0.3) is 0 Å². The Hall–Kier alpha value is -2.12. The molecule has 3 atom stereocenters. The molecule has 2 fully saturated rings. The third-order valence-corrected chi connectivity index (χ3v) is 8.61. The van der Waals surface area contributed by atoms with Crippen LogP contribution in [-0.2, 0) is 16.1 Å². The molecule has 5 rings (SSSR count). The monoisotopic (exact) mass is 466 g/mol. The molecule has 3 aliphatic rings. The fraction of sp³-hybridized carbons (Fsp3) is 0.577. The number of anilines is 2. The summed E-state index contributed by atoms with van der Waals surface area (Å²) in [5.41, 5.74) is 2.48. The highest BCUT2D eigenvalue weighted by Gasteiger charge is 2.39. The van der Waals surface area contributed by atoms with Crippen LogP contribution >= 0.6 is 11.8 Å². The lowest BCUT2D eigenvalue weighted by Crippen LogP contribution is -2.48. The van der Waals surface area contributed by atoms with Crippen LogP contribution in [0.3, 0.4) is 0 Å². The highest BCUT2D eigenvalue weighted by Crippen LogP contribution is 2.44. The predicted molar refractivity (Wildman–Crippen MR) is 131 cm³/mol. The van der Waals surface area contributed by atoms with Crippen LogP contribution < -0.4 is 5.32 Å². The first-order chi connectivity index (χ1) is 16.1. The Labute approximate surface area is 200 Å². The molecule has 3 heterocycles. The summed E-state index contributed by atoms with van der Waals surface area (Å²) in [6.07, 6.45) is 9.58. The molecule has 6 nitrogen and oxygen atoms in total. The van der Waals surface area contributed by atoms with Gasteiger partial charge in [0.2, 0.25) is 0 Å². The Kier molecular flexibility index (Phi) is 6.88. The number of ether oxygens (including phenoxy) is 1. The van der Waals surface area contributed by atoms with Gasteiger partial charge in [-0.3, -0.25) is 9.69 Å². The second-order valence-corrected chi connectivity index (χ2v) is 10.8. The van der Waals surface area contributed by atoms with E-state index in [1.807, 2.05) is 13.8 Å². The van der Waals surface area contributed by atoms with Crippen LogP contribution in [0, 0.1) is 23.7 Å². The van der Waals surface area contributed by atoms with Crippen LogP contribution in [-0.4, -0.2) is 40.5 Å². The Morgan fingerprint density at radius 3 is 2.82 bits per heavy atom. The van der Waals surface area contributed by atoms with Gasteiger partial charge in [0, 0.05) is 36.9 Å². The van der Waals surface area contributed by atoms with Gasteiger partial charge in [-0.15, -0.1) is 0 Å². The quantitative estimate of drug-likeness (QED) is 0.460. The number of carbonyl (C=O) groups is 1. The number of likely N-dealkylation sites (tertiary alicyclic amines) is 1. The van der Waals surface area contributed by atoms with E-state index in [9.17, 15) is 4.79 Å². The number of hydrogen-bond donors (Lipinski definition) is 1. The van der Waals surface area contributed by atoms with Gasteiger partial charge < -0.3 is 10.1 Å². The van der Waals surface area contributed by atoms with Gasteiger partial charge in [-0.25, -0.2) is 9.97 Å². The van der Waals surface area contributed by atoms with E-state index in [0.29, 0.717) is 6.61 Å². The van der Waals surface area contributed by atoms with E-state index in [2.05, 4.69) is 38.4 Å². The van der Waals surface area contributed by atoms with Gasteiger partial charge in [-0.2, -0.15) is 0 Å². The molecule has 2 aliphatic heterocycles. The van der Waals surface area contributed by atoms with Crippen molar-refractivity contribution in [3.05, 3.63) is 36.2 Å². The molecule has 1 saturated carbocycles. The summed E-state index contributed by atoms with van der Waals surface area (Å²) in [7, 11) is 0. The number of piperidine rings is 1. The molecule has 1 aromatic carbocycles. The molecule has 2 aromatic rings. The van der Waals surface area contributed by atoms with E-state index in [4.69, 9.17) is 4.74 Å². The van der Waals surface area contributed by atoms with Crippen LogP contribution in [0.15, 0.2) is 40.5 Å². The van der Waals surface area contributed by atoms with E-state index in [1.165, 1.54) is 42.8 Å². The van der Waals surface area contributed by atoms with Crippen molar-refractivity contribution in [1.82, 2.24) is 14.9 Å². The fourth-order valence-corrected chi connectivity index (χ4v) is 6.81. The SMILES string of the molecule is CCOC(=O)C(C)CCC1C2CCCC1CN(Cc1ccc3c(c1)Nc1nccnc1S3)C2. The summed E-state index contributed by atoms with van der Waals surface area (Å²) in [5.74, 6) is 3.08. The molecule has 1 aromatic heterocycles. The van der Waals surface area contributed by atoms with E-state index in [0.717, 1.165) is 53.7 Å². The van der Waals surface area contributed by atoms with Gasteiger partial charge >= 0.3 is 5.97 Å². The minimum atomic E-state index is -0.0344. The van der Waals surface area contributed by atoms with Crippen LogP contribution in [0.5, 0.6) is 0 Å². The summed E-state index contributed by atoms with van der Waals surface area (Å²) in [4.78, 5) is 24.8. The van der Waals surface area contributed by atoms with Gasteiger partial charge in [-0.05, 0) is 68.1 Å². The van der Waals surface area contributed by atoms with Gasteiger partial charge in [0.25, 0.3) is 0 Å². The zero-order valence-electron chi connectivity index (χ0n) is 19.6. The van der Waals surface area contributed by atoms with Crippen LogP contribution in [0.1, 0.15) is 51.5 Å². The highest BCUT2D eigenvalue weighted by molar-refractivity contribution is 7.99. The Morgan fingerprint density at radius 1 is 1.24 bits per heavy atom. The average molecular weight is 467 g/mol. The van der Waals surface area contributed by atoms with Gasteiger partial charge in [-0.1, -0.05) is 31.2 Å². The normalized spacial score (nSPS) is 24.8. The number of rotatable bonds is 7. The lowest BCUT2D eigenvalue weighted by atomic mass is 9.67. The maximum Gasteiger partial charge on any atom is 0.308 e. The van der Waals surface area contributed by atoms with Gasteiger partial charge in [0.05, 0.1) is 18.2 Å². The summed E-state index contributed by atoms with van der Waals surface area (Å²) < 4.78 is 5.22. The third-order valence-electron chi connectivity index (χ3n) is 7.54. The number of fused-ring (bicyclic) bond motifs is 4. The zero-order chi connectivity index (χ0) is 22.8. The first kappa shape index (κ1) is 22.7. The lowest BCUT2D eigenvalue weighted by molar-refractivity contribution is -0.147. The third kappa shape index (κ3) is 5.04. The lowest BCUT2D eigenvalue weighted by Gasteiger charge is -2.48. The molecular formula is C26H34N4O2S. The Balaban J connectivity index is 1.20. The Bertz CT molecular complexity index is 986. The van der Waals surface area contributed by atoms with Crippen LogP contribution in [0.4, 0.5) is 11.5 Å². The number of benzene rings is 1. The van der Waals surface area contributed by atoms with Crippen molar-refractivity contribution in [2.45, 2.75) is 62.4 Å². The molecule has 3 unspecified atom stereocenters. The molecule has 1 aliphatic carbocycles. The second kappa shape index (κ2) is 10.0. The predicted octanol–water partition coefficient (Wildman–Crippen LogP) is 5.51. The summed E-state index contributed by atoms with van der Waals surface area (Å²) >= 11 is 1.68. The van der Waals surface area contributed by atoms with Crippen molar-refractivity contribution in [3.63, 3.8) is 0 Å². The van der Waals surface area contributed by atoms with Crippen molar-refractivity contribution < 1.29 is 9.53 Å². The average Bonchev–Trinajstić information content (AvgIpc) is 2.81. The molecule has 1 N–H and O–H groups in total.